The average molecular weight is 210 g/mol. The van der Waals surface area contributed by atoms with Gasteiger partial charge >= 0.3 is 6.16 Å². The van der Waals surface area contributed by atoms with Crippen LogP contribution in [0.4, 0.5) is 4.79 Å². The molecule has 1 N–H and O–H groups in total. The molecule has 0 aromatic heterocycles. The number of carbonyl (C=O) groups excluding carboxylic acids is 1. The van der Waals surface area contributed by atoms with Crippen molar-refractivity contribution in [1.82, 2.24) is 0 Å². The van der Waals surface area contributed by atoms with E-state index in [0.717, 1.165) is 11.8 Å². The van der Waals surface area contributed by atoms with Crippen molar-refractivity contribution in [3.8, 4) is 0 Å². The fourth-order valence-corrected chi connectivity index (χ4v) is 0.834. The van der Waals surface area contributed by atoms with Gasteiger partial charge in [-0.05, 0) is 12.5 Å². The van der Waals surface area contributed by atoms with Crippen LogP contribution in [0.15, 0.2) is 30.3 Å². The van der Waals surface area contributed by atoms with Crippen molar-refractivity contribution in [3.63, 3.8) is 0 Å². The molecule has 0 aliphatic carbocycles. The van der Waals surface area contributed by atoms with Crippen molar-refractivity contribution in [2.45, 2.75) is 13.3 Å². The summed E-state index contributed by atoms with van der Waals surface area (Å²) < 4.78 is 3.96. The Morgan fingerprint density at radius 2 is 2.00 bits per heavy atom. The third kappa shape index (κ3) is 8.49. The van der Waals surface area contributed by atoms with E-state index < -0.39 is 6.16 Å². The third-order valence-corrected chi connectivity index (χ3v) is 1.43. The maximum atomic E-state index is 9.97. The van der Waals surface area contributed by atoms with Crippen molar-refractivity contribution < 1.29 is 19.4 Å². The summed E-state index contributed by atoms with van der Waals surface area (Å²) in [4.78, 5) is 19.4. The van der Waals surface area contributed by atoms with Gasteiger partial charge in [0.25, 0.3) is 0 Å². The first-order valence-electron chi connectivity index (χ1n) is 4.54. The van der Waals surface area contributed by atoms with Crippen LogP contribution in [-0.2, 0) is 16.0 Å². The van der Waals surface area contributed by atoms with Gasteiger partial charge in [-0.3, -0.25) is 0 Å². The van der Waals surface area contributed by atoms with Gasteiger partial charge in [0.05, 0.1) is 6.61 Å². The van der Waals surface area contributed by atoms with Crippen LogP contribution in [-0.4, -0.2) is 24.2 Å². The predicted molar refractivity (Wildman–Crippen MR) is 55.9 cm³/mol. The van der Waals surface area contributed by atoms with Crippen LogP contribution in [0.1, 0.15) is 12.5 Å². The van der Waals surface area contributed by atoms with Gasteiger partial charge < -0.3 is 14.6 Å². The molecule has 0 saturated carbocycles. The molecule has 0 bridgehead atoms. The van der Waals surface area contributed by atoms with Gasteiger partial charge in [0.1, 0.15) is 6.29 Å². The van der Waals surface area contributed by atoms with E-state index >= 15 is 0 Å². The third-order valence-electron chi connectivity index (χ3n) is 1.43. The van der Waals surface area contributed by atoms with E-state index in [2.05, 4.69) is 4.74 Å². The highest BCUT2D eigenvalue weighted by molar-refractivity contribution is 5.56. The Labute approximate surface area is 88.5 Å². The molecule has 0 heterocycles. The zero-order valence-electron chi connectivity index (χ0n) is 8.55. The topological polar surface area (TPSA) is 63.6 Å². The summed E-state index contributed by atoms with van der Waals surface area (Å²) in [5.41, 5.74) is 1.08. The summed E-state index contributed by atoms with van der Waals surface area (Å²) in [6.07, 6.45) is 0.230. The van der Waals surface area contributed by atoms with E-state index in [4.69, 9.17) is 5.11 Å². The highest BCUT2D eigenvalue weighted by atomic mass is 16.7. The summed E-state index contributed by atoms with van der Waals surface area (Å²) in [7, 11) is 0. The molecular weight excluding hydrogens is 196 g/mol. The van der Waals surface area contributed by atoms with Crippen LogP contribution >= 0.6 is 0 Å². The van der Waals surface area contributed by atoms with E-state index in [1.54, 1.807) is 6.92 Å². The van der Waals surface area contributed by atoms with Crippen LogP contribution in [0, 0.1) is 0 Å². The number of carbonyl (C=O) groups is 2. The second-order valence-electron chi connectivity index (χ2n) is 2.56. The Kier molecular flexibility index (Phi) is 7.67. The van der Waals surface area contributed by atoms with E-state index in [9.17, 15) is 9.59 Å². The highest BCUT2D eigenvalue weighted by Gasteiger charge is 1.86. The quantitative estimate of drug-likeness (QED) is 0.613. The second kappa shape index (κ2) is 8.74. The van der Waals surface area contributed by atoms with E-state index in [-0.39, 0.29) is 6.61 Å². The fraction of sp³-hybridized carbons (Fsp3) is 0.273. The Bertz CT molecular complexity index is 282. The van der Waals surface area contributed by atoms with Gasteiger partial charge in [0, 0.05) is 6.42 Å². The molecule has 0 fully saturated rings. The SMILES string of the molecule is CCOC(=O)O.O=CCc1ccccc1. The lowest BCUT2D eigenvalue weighted by Crippen LogP contribution is -1.97. The zero-order chi connectivity index (χ0) is 11.5. The van der Waals surface area contributed by atoms with Crippen LogP contribution in [0.2, 0.25) is 0 Å². The molecule has 0 amide bonds. The number of hydrogen-bond donors (Lipinski definition) is 1. The zero-order valence-corrected chi connectivity index (χ0v) is 8.55. The van der Waals surface area contributed by atoms with Gasteiger partial charge in [0.15, 0.2) is 0 Å². The molecule has 1 rings (SSSR count). The molecule has 0 aliphatic heterocycles. The second-order valence-corrected chi connectivity index (χ2v) is 2.56. The normalized spacial score (nSPS) is 8.33. The number of rotatable bonds is 3. The van der Waals surface area contributed by atoms with Crippen LogP contribution in [0.5, 0.6) is 0 Å². The number of benzene rings is 1. The lowest BCUT2D eigenvalue weighted by molar-refractivity contribution is -0.107. The summed E-state index contributed by atoms with van der Waals surface area (Å²) in [6, 6.07) is 9.68. The summed E-state index contributed by atoms with van der Waals surface area (Å²) in [5.74, 6) is 0. The van der Waals surface area contributed by atoms with Crippen molar-refractivity contribution in [3.05, 3.63) is 35.9 Å². The monoisotopic (exact) mass is 210 g/mol. The minimum Gasteiger partial charge on any atom is -0.450 e. The largest absolute Gasteiger partial charge is 0.505 e. The molecule has 0 atom stereocenters. The molecule has 0 unspecified atom stereocenters. The minimum absolute atomic E-state index is 0.231. The molecule has 82 valence electrons. The van der Waals surface area contributed by atoms with E-state index in [1.807, 2.05) is 30.3 Å². The first-order chi connectivity index (χ1) is 7.20. The van der Waals surface area contributed by atoms with Crippen LogP contribution in [0.25, 0.3) is 0 Å². The van der Waals surface area contributed by atoms with Crippen LogP contribution < -0.4 is 0 Å². The molecule has 1 aromatic rings. The highest BCUT2D eigenvalue weighted by Crippen LogP contribution is 1.96. The van der Waals surface area contributed by atoms with Gasteiger partial charge in [-0.25, -0.2) is 4.79 Å². The lowest BCUT2D eigenvalue weighted by atomic mass is 10.2. The molecule has 4 heteroatoms. The molecule has 0 saturated heterocycles. The number of ether oxygens (including phenoxy) is 1. The minimum atomic E-state index is -1.21. The van der Waals surface area contributed by atoms with E-state index in [1.165, 1.54) is 0 Å². The molecular formula is C11H14O4. The molecule has 15 heavy (non-hydrogen) atoms. The molecule has 0 spiro atoms. The average Bonchev–Trinajstić information content (AvgIpc) is 2.20. The van der Waals surface area contributed by atoms with E-state index in [0.29, 0.717) is 6.42 Å². The number of carboxylic acid groups (broad SMARTS) is 1. The molecule has 4 nitrogen and oxygen atoms in total. The summed E-state index contributed by atoms with van der Waals surface area (Å²) in [5, 5.41) is 7.69. The van der Waals surface area contributed by atoms with Crippen molar-refractivity contribution >= 4 is 12.4 Å². The lowest BCUT2D eigenvalue weighted by Gasteiger charge is -1.89. The van der Waals surface area contributed by atoms with Gasteiger partial charge in [-0.15, -0.1) is 0 Å². The Balaban J connectivity index is 0.000000288. The number of aldehydes is 1. The van der Waals surface area contributed by atoms with Crippen molar-refractivity contribution in [2.75, 3.05) is 6.61 Å². The van der Waals surface area contributed by atoms with Gasteiger partial charge in [-0.2, -0.15) is 0 Å². The smallest absolute Gasteiger partial charge is 0.450 e. The van der Waals surface area contributed by atoms with Crippen LogP contribution in [0.3, 0.4) is 0 Å². The Morgan fingerprint density at radius 3 is 2.33 bits per heavy atom. The molecule has 0 aliphatic rings. The first kappa shape index (κ1) is 13.2. The Hall–Kier alpha value is -1.84. The Morgan fingerprint density at radius 1 is 1.40 bits per heavy atom. The predicted octanol–water partition coefficient (Wildman–Crippen LogP) is 2.13. The maximum Gasteiger partial charge on any atom is 0.505 e. The summed E-state index contributed by atoms with van der Waals surface area (Å²) in [6.45, 7) is 1.85. The first-order valence-corrected chi connectivity index (χ1v) is 4.54. The van der Waals surface area contributed by atoms with Crippen molar-refractivity contribution in [2.24, 2.45) is 0 Å². The van der Waals surface area contributed by atoms with Gasteiger partial charge in [-0.1, -0.05) is 30.3 Å². The fourth-order valence-electron chi connectivity index (χ4n) is 0.834. The van der Waals surface area contributed by atoms with Gasteiger partial charge in [0.2, 0.25) is 0 Å². The van der Waals surface area contributed by atoms with Crippen molar-refractivity contribution in [1.29, 1.82) is 0 Å². The summed E-state index contributed by atoms with van der Waals surface area (Å²) >= 11 is 0. The number of hydrogen-bond acceptors (Lipinski definition) is 3. The maximum absolute atomic E-state index is 9.97. The molecule has 1 aromatic carbocycles. The molecule has 0 radical (unpaired) electrons. The standard InChI is InChI=1S/C8H8O.C3H6O3/c9-7-6-8-4-2-1-3-5-8;1-2-6-3(4)5/h1-5,7H,6H2;2H2,1H3,(H,4,5).